The number of likely N-dealkylation sites (N-methyl/N-ethyl adjacent to an activating group) is 1. The maximum atomic E-state index is 10.3. The van der Waals surface area contributed by atoms with E-state index in [1.54, 1.807) is 0 Å². The van der Waals surface area contributed by atoms with Gasteiger partial charge in [-0.05, 0) is 45.4 Å². The number of piperidine rings is 1. The molecule has 2 aliphatic heterocycles. The van der Waals surface area contributed by atoms with Crippen molar-refractivity contribution < 1.29 is 9.90 Å². The average Bonchev–Trinajstić information content (AvgIpc) is 3.03. The molecule has 1 saturated heterocycles. The molecule has 0 unspecified atom stereocenters. The number of carboxylic acid groups (broad SMARTS) is 1. The molecule has 0 amide bonds. The second-order valence-electron chi connectivity index (χ2n) is 11.7. The normalized spacial score (nSPS) is 23.1. The van der Waals surface area contributed by atoms with Crippen LogP contribution in [0.2, 0.25) is 0 Å². The third-order valence-corrected chi connectivity index (χ3v) is 8.47. The summed E-state index contributed by atoms with van der Waals surface area (Å²) in [5.74, 6) is -0.655. The summed E-state index contributed by atoms with van der Waals surface area (Å²) in [5.41, 5.74) is 4.67. The van der Waals surface area contributed by atoms with Crippen LogP contribution in [0, 0.1) is 6.92 Å². The summed E-state index contributed by atoms with van der Waals surface area (Å²) in [6.45, 7) is 11.6. The first kappa shape index (κ1) is 29.7. The van der Waals surface area contributed by atoms with Gasteiger partial charge in [0.25, 0.3) is 0 Å². The van der Waals surface area contributed by atoms with Gasteiger partial charge in [0, 0.05) is 36.2 Å². The maximum Gasteiger partial charge on any atom is 0.303 e. The molecule has 35 heavy (non-hydrogen) atoms. The van der Waals surface area contributed by atoms with Gasteiger partial charge in [-0.1, -0.05) is 109 Å². The van der Waals surface area contributed by atoms with Gasteiger partial charge in [-0.15, -0.1) is 0 Å². The lowest BCUT2D eigenvalue weighted by Crippen LogP contribution is -2.59. The van der Waals surface area contributed by atoms with Gasteiger partial charge < -0.3 is 15.3 Å². The lowest BCUT2D eigenvalue weighted by atomic mass is 9.66. The number of hydrogen-bond donors (Lipinski definition) is 2. The van der Waals surface area contributed by atoms with Crippen LogP contribution in [0.5, 0.6) is 0 Å². The minimum Gasteiger partial charge on any atom is -0.481 e. The number of fused-ring (bicyclic) bond motifs is 3. The highest BCUT2D eigenvalue weighted by molar-refractivity contribution is 5.66. The summed E-state index contributed by atoms with van der Waals surface area (Å²) in [6, 6.07) is 6.83. The minimum atomic E-state index is -0.655. The Labute approximate surface area is 216 Å². The highest BCUT2D eigenvalue weighted by Crippen LogP contribution is 2.51. The smallest absolute Gasteiger partial charge is 0.303 e. The van der Waals surface area contributed by atoms with Gasteiger partial charge in [0.05, 0.1) is 0 Å². The van der Waals surface area contributed by atoms with E-state index in [0.29, 0.717) is 6.42 Å². The fraction of sp³-hybridized carbons (Fsp3) is 0.774. The molecular weight excluding hydrogens is 432 g/mol. The molecule has 1 aromatic carbocycles. The van der Waals surface area contributed by atoms with E-state index < -0.39 is 5.97 Å². The number of aryl methyl sites for hydroxylation is 1. The Morgan fingerprint density at radius 3 is 2.03 bits per heavy atom. The van der Waals surface area contributed by atoms with Crippen LogP contribution in [0.1, 0.15) is 128 Å². The highest BCUT2D eigenvalue weighted by atomic mass is 16.4. The quantitative estimate of drug-likeness (QED) is 0.260. The molecule has 1 aromatic rings. The standard InChI is InChI=1S/C16H32O2.C15H22N2/c1-2-3-4-5-6-7-8-9-10-11-12-13-14-15-16(17)18;1-11-5-6-13-12(9-11)14(2)10-17(4)8-7-15(14,3)16-13/h2-15H2,1H3,(H,17,18);5-6,9,16H,7-8,10H2,1-4H3/t;14-,15-/m.1/s1. The van der Waals surface area contributed by atoms with Crippen LogP contribution in [0.25, 0.3) is 0 Å². The average molecular weight is 487 g/mol. The molecule has 2 heterocycles. The zero-order valence-corrected chi connectivity index (χ0v) is 23.6. The van der Waals surface area contributed by atoms with Gasteiger partial charge in [-0.2, -0.15) is 0 Å². The Morgan fingerprint density at radius 1 is 0.943 bits per heavy atom. The first-order chi connectivity index (χ1) is 16.7. The molecule has 0 radical (unpaired) electrons. The molecule has 1 fully saturated rings. The summed E-state index contributed by atoms with van der Waals surface area (Å²) >= 11 is 0. The van der Waals surface area contributed by atoms with E-state index in [2.05, 4.69) is 63.2 Å². The van der Waals surface area contributed by atoms with Crippen LogP contribution in [0.3, 0.4) is 0 Å². The van der Waals surface area contributed by atoms with E-state index in [0.717, 1.165) is 19.4 Å². The van der Waals surface area contributed by atoms with E-state index in [-0.39, 0.29) is 11.0 Å². The van der Waals surface area contributed by atoms with Gasteiger partial charge >= 0.3 is 5.97 Å². The van der Waals surface area contributed by atoms with Crippen LogP contribution in [0.15, 0.2) is 18.2 Å². The first-order valence-electron chi connectivity index (χ1n) is 14.5. The Bertz CT molecular complexity index is 764. The monoisotopic (exact) mass is 486 g/mol. The summed E-state index contributed by atoms with van der Waals surface area (Å²) in [7, 11) is 2.23. The Morgan fingerprint density at radius 2 is 1.49 bits per heavy atom. The van der Waals surface area contributed by atoms with Crippen molar-refractivity contribution in [3.05, 3.63) is 29.3 Å². The number of nitrogens with zero attached hydrogens (tertiary/aromatic N) is 1. The van der Waals surface area contributed by atoms with E-state index in [1.165, 1.54) is 100 Å². The SMILES string of the molecule is CCCCCCCCCCCCCCCC(=O)O.Cc1ccc2c(c1)[C@@]1(C)CN(C)CC[C@@]1(C)N2. The van der Waals surface area contributed by atoms with E-state index in [9.17, 15) is 4.79 Å². The van der Waals surface area contributed by atoms with Crippen molar-refractivity contribution in [1.82, 2.24) is 4.90 Å². The van der Waals surface area contributed by atoms with Crippen LogP contribution >= 0.6 is 0 Å². The zero-order chi connectivity index (χ0) is 25.7. The number of hydrogen-bond acceptors (Lipinski definition) is 3. The van der Waals surface area contributed by atoms with E-state index in [1.807, 2.05) is 0 Å². The van der Waals surface area contributed by atoms with Crippen LogP contribution in [0.4, 0.5) is 5.69 Å². The molecule has 2 N–H and O–H groups in total. The molecule has 0 saturated carbocycles. The molecule has 0 aliphatic carbocycles. The van der Waals surface area contributed by atoms with Crippen molar-refractivity contribution in [2.45, 2.75) is 135 Å². The second-order valence-corrected chi connectivity index (χ2v) is 11.7. The lowest BCUT2D eigenvalue weighted by molar-refractivity contribution is -0.137. The highest BCUT2D eigenvalue weighted by Gasteiger charge is 2.54. The molecule has 0 spiro atoms. The molecule has 4 nitrogen and oxygen atoms in total. The van der Waals surface area contributed by atoms with Crippen molar-refractivity contribution in [2.75, 3.05) is 25.5 Å². The molecule has 2 atom stereocenters. The number of carbonyl (C=O) groups is 1. The lowest BCUT2D eigenvalue weighted by Gasteiger charge is -2.48. The molecule has 0 aromatic heterocycles. The molecule has 2 aliphatic rings. The summed E-state index contributed by atoms with van der Waals surface area (Å²) in [4.78, 5) is 12.8. The molecule has 4 heteroatoms. The minimum absolute atomic E-state index is 0.218. The predicted octanol–water partition coefficient (Wildman–Crippen LogP) is 8.32. The van der Waals surface area contributed by atoms with Crippen molar-refractivity contribution in [3.63, 3.8) is 0 Å². The van der Waals surface area contributed by atoms with Crippen molar-refractivity contribution in [1.29, 1.82) is 0 Å². The van der Waals surface area contributed by atoms with Gasteiger partial charge in [0.15, 0.2) is 0 Å². The zero-order valence-electron chi connectivity index (χ0n) is 23.6. The van der Waals surface area contributed by atoms with E-state index in [4.69, 9.17) is 5.11 Å². The number of unbranched alkanes of at least 4 members (excludes halogenated alkanes) is 12. The van der Waals surface area contributed by atoms with Crippen LogP contribution in [-0.4, -0.2) is 41.7 Å². The molecule has 200 valence electrons. The van der Waals surface area contributed by atoms with Gasteiger partial charge in [0.1, 0.15) is 0 Å². The molecular formula is C31H54N2O2. The van der Waals surface area contributed by atoms with Crippen molar-refractivity contribution >= 4 is 11.7 Å². The van der Waals surface area contributed by atoms with Gasteiger partial charge in [-0.3, -0.25) is 4.79 Å². The second kappa shape index (κ2) is 14.9. The summed E-state index contributed by atoms with van der Waals surface area (Å²) < 4.78 is 0. The van der Waals surface area contributed by atoms with Crippen LogP contribution < -0.4 is 5.32 Å². The number of rotatable bonds is 14. The molecule has 0 bridgehead atoms. The van der Waals surface area contributed by atoms with Gasteiger partial charge in [-0.25, -0.2) is 0 Å². The topological polar surface area (TPSA) is 52.6 Å². The summed E-state index contributed by atoms with van der Waals surface area (Å²) in [6.07, 6.45) is 18.5. The number of carboxylic acids is 1. The van der Waals surface area contributed by atoms with E-state index >= 15 is 0 Å². The summed E-state index contributed by atoms with van der Waals surface area (Å²) in [5, 5.41) is 12.3. The number of aliphatic carboxylic acids is 1. The predicted molar refractivity (Wildman–Crippen MR) is 151 cm³/mol. The number of benzene rings is 1. The number of likely N-dealkylation sites (tertiary alicyclic amines) is 1. The Balaban J connectivity index is 0.000000247. The van der Waals surface area contributed by atoms with Crippen molar-refractivity contribution in [3.8, 4) is 0 Å². The number of nitrogens with one attached hydrogen (secondary N) is 1. The van der Waals surface area contributed by atoms with Crippen molar-refractivity contribution in [2.24, 2.45) is 0 Å². The van der Waals surface area contributed by atoms with Gasteiger partial charge in [0.2, 0.25) is 0 Å². The number of anilines is 1. The Hall–Kier alpha value is -1.55. The van der Waals surface area contributed by atoms with Crippen LogP contribution in [-0.2, 0) is 10.2 Å². The maximum absolute atomic E-state index is 10.3. The third-order valence-electron chi connectivity index (χ3n) is 8.47. The molecule has 3 rings (SSSR count). The fourth-order valence-electron chi connectivity index (χ4n) is 5.88. The first-order valence-corrected chi connectivity index (χ1v) is 14.5. The third kappa shape index (κ3) is 9.12. The largest absolute Gasteiger partial charge is 0.481 e. The Kier molecular flexibility index (Phi) is 12.6. The fourth-order valence-corrected chi connectivity index (χ4v) is 5.88.